The van der Waals surface area contributed by atoms with Crippen LogP contribution in [0.25, 0.3) is 6.08 Å². The van der Waals surface area contributed by atoms with Gasteiger partial charge in [-0.05, 0) is 12.1 Å². The fraction of sp³-hybridized carbons (Fsp3) is 0.250. The molecule has 0 spiro atoms. The molecule has 0 amide bonds. The summed E-state index contributed by atoms with van der Waals surface area (Å²) in [5, 5.41) is 8.84. The first-order valence-corrected chi connectivity index (χ1v) is 4.54. The van der Waals surface area contributed by atoms with E-state index >= 15 is 0 Å². The lowest BCUT2D eigenvalue weighted by molar-refractivity contribution is 0.229. The predicted molar refractivity (Wildman–Crippen MR) is 58.5 cm³/mol. The second-order valence-electron chi connectivity index (χ2n) is 2.96. The highest BCUT2D eigenvalue weighted by atomic mass is 16.5. The highest BCUT2D eigenvalue weighted by Crippen LogP contribution is 2.20. The summed E-state index contributed by atoms with van der Waals surface area (Å²) in [6.07, 6.45) is 1.77. The van der Waals surface area contributed by atoms with E-state index in [4.69, 9.17) is 14.7 Å². The van der Waals surface area contributed by atoms with Gasteiger partial charge in [-0.1, -0.05) is 18.2 Å². The van der Waals surface area contributed by atoms with Crippen LogP contribution in [0.2, 0.25) is 0 Å². The van der Waals surface area contributed by atoms with E-state index in [1.807, 2.05) is 24.3 Å². The minimum Gasteiger partial charge on any atom is -0.496 e. The third-order valence-corrected chi connectivity index (χ3v) is 1.91. The van der Waals surface area contributed by atoms with Gasteiger partial charge in [-0.3, -0.25) is 0 Å². The van der Waals surface area contributed by atoms with Gasteiger partial charge in [0.15, 0.2) is 0 Å². The van der Waals surface area contributed by atoms with Crippen LogP contribution in [0.5, 0.6) is 5.75 Å². The van der Waals surface area contributed by atoms with Gasteiger partial charge in [-0.2, -0.15) is 5.26 Å². The van der Waals surface area contributed by atoms with Gasteiger partial charge in [-0.25, -0.2) is 0 Å². The van der Waals surface area contributed by atoms with Gasteiger partial charge in [0.25, 0.3) is 0 Å². The fourth-order valence-corrected chi connectivity index (χ4v) is 1.24. The number of nitrogens with zero attached hydrogens (tertiary/aromatic N) is 1. The first-order chi connectivity index (χ1) is 7.31. The minimum atomic E-state index is 0.314. The van der Waals surface area contributed by atoms with E-state index in [1.165, 1.54) is 0 Å². The van der Waals surface area contributed by atoms with Crippen molar-refractivity contribution < 1.29 is 9.47 Å². The van der Waals surface area contributed by atoms with Crippen LogP contribution in [0.15, 0.2) is 29.8 Å². The highest BCUT2D eigenvalue weighted by molar-refractivity contribution is 5.62. The van der Waals surface area contributed by atoms with Crippen molar-refractivity contribution in [2.24, 2.45) is 0 Å². The van der Waals surface area contributed by atoms with Crippen LogP contribution < -0.4 is 4.74 Å². The molecule has 0 bridgehead atoms. The molecule has 3 nitrogen and oxygen atoms in total. The molecule has 0 unspecified atom stereocenters. The van der Waals surface area contributed by atoms with Crippen LogP contribution in [-0.4, -0.2) is 20.8 Å². The van der Waals surface area contributed by atoms with Crippen LogP contribution in [0, 0.1) is 11.3 Å². The molecule has 0 radical (unpaired) electrons. The maximum absolute atomic E-state index is 8.84. The summed E-state index contributed by atoms with van der Waals surface area (Å²) in [5.74, 6) is 0.751. The standard InChI is InChI=1S/C12H13NO2/c1-14-9-10(8-13)7-11-5-3-4-6-12(11)15-2/h3-7H,9H2,1-2H3/b10-7+. The number of nitriles is 1. The molecule has 78 valence electrons. The highest BCUT2D eigenvalue weighted by Gasteiger charge is 2.00. The van der Waals surface area contributed by atoms with Crippen molar-refractivity contribution in [3.63, 3.8) is 0 Å². The maximum Gasteiger partial charge on any atom is 0.126 e. The summed E-state index contributed by atoms with van der Waals surface area (Å²) in [6.45, 7) is 0.314. The topological polar surface area (TPSA) is 42.2 Å². The third kappa shape index (κ3) is 3.12. The van der Waals surface area contributed by atoms with E-state index in [1.54, 1.807) is 20.3 Å². The van der Waals surface area contributed by atoms with Gasteiger partial charge >= 0.3 is 0 Å². The molecule has 1 aromatic rings. The largest absolute Gasteiger partial charge is 0.496 e. The third-order valence-electron chi connectivity index (χ3n) is 1.91. The normalized spacial score (nSPS) is 10.9. The number of benzene rings is 1. The average molecular weight is 203 g/mol. The van der Waals surface area contributed by atoms with Crippen LogP contribution in [0.1, 0.15) is 5.56 Å². The van der Waals surface area contributed by atoms with Crippen LogP contribution in [-0.2, 0) is 4.74 Å². The number of methoxy groups -OCH3 is 2. The number of rotatable bonds is 4. The Kier molecular flexibility index (Phi) is 4.39. The van der Waals surface area contributed by atoms with Crippen molar-refractivity contribution in [3.05, 3.63) is 35.4 Å². The van der Waals surface area contributed by atoms with E-state index in [0.29, 0.717) is 12.2 Å². The molecule has 15 heavy (non-hydrogen) atoms. The van der Waals surface area contributed by atoms with Crippen molar-refractivity contribution in [2.45, 2.75) is 0 Å². The Balaban J connectivity index is 3.00. The SMILES string of the molecule is COC/C(C#N)=C/c1ccccc1OC. The van der Waals surface area contributed by atoms with E-state index in [0.717, 1.165) is 11.3 Å². The molecule has 0 fully saturated rings. The van der Waals surface area contributed by atoms with E-state index in [2.05, 4.69) is 6.07 Å². The summed E-state index contributed by atoms with van der Waals surface area (Å²) < 4.78 is 10.1. The van der Waals surface area contributed by atoms with Crippen LogP contribution in [0.4, 0.5) is 0 Å². The Hall–Kier alpha value is -1.79. The predicted octanol–water partition coefficient (Wildman–Crippen LogP) is 2.25. The van der Waals surface area contributed by atoms with Gasteiger partial charge in [-0.15, -0.1) is 0 Å². The number of para-hydroxylation sites is 1. The first kappa shape index (κ1) is 11.3. The van der Waals surface area contributed by atoms with Gasteiger partial charge in [0.05, 0.1) is 25.4 Å². The summed E-state index contributed by atoms with van der Waals surface area (Å²) in [4.78, 5) is 0. The van der Waals surface area contributed by atoms with Crippen LogP contribution in [0.3, 0.4) is 0 Å². The molecule has 3 heteroatoms. The zero-order valence-corrected chi connectivity index (χ0v) is 8.86. The van der Waals surface area contributed by atoms with Gasteiger partial charge in [0, 0.05) is 12.7 Å². The number of hydrogen-bond acceptors (Lipinski definition) is 3. The Morgan fingerprint density at radius 3 is 2.73 bits per heavy atom. The molecular formula is C12H13NO2. The molecule has 0 aliphatic rings. The summed E-state index contributed by atoms with van der Waals surface area (Å²) in [6, 6.07) is 9.62. The summed E-state index contributed by atoms with van der Waals surface area (Å²) in [7, 11) is 3.17. The lowest BCUT2D eigenvalue weighted by Crippen LogP contribution is -1.92. The second-order valence-corrected chi connectivity index (χ2v) is 2.96. The van der Waals surface area contributed by atoms with Gasteiger partial charge < -0.3 is 9.47 Å². The van der Waals surface area contributed by atoms with E-state index in [9.17, 15) is 0 Å². The maximum atomic E-state index is 8.84. The zero-order chi connectivity index (χ0) is 11.1. The average Bonchev–Trinajstić information content (AvgIpc) is 2.29. The molecule has 1 rings (SSSR count). The molecule has 0 N–H and O–H groups in total. The minimum absolute atomic E-state index is 0.314. The Bertz CT molecular complexity index is 391. The van der Waals surface area contributed by atoms with Crippen molar-refractivity contribution in [1.29, 1.82) is 5.26 Å². The fourth-order valence-electron chi connectivity index (χ4n) is 1.24. The molecule has 0 heterocycles. The molecular weight excluding hydrogens is 190 g/mol. The molecule has 0 saturated heterocycles. The van der Waals surface area contributed by atoms with E-state index < -0.39 is 0 Å². The lowest BCUT2D eigenvalue weighted by Gasteiger charge is -2.04. The summed E-state index contributed by atoms with van der Waals surface area (Å²) in [5.41, 5.74) is 1.45. The molecule has 0 atom stereocenters. The first-order valence-electron chi connectivity index (χ1n) is 4.54. The second kappa shape index (κ2) is 5.84. The summed E-state index contributed by atoms with van der Waals surface area (Å²) >= 11 is 0. The monoisotopic (exact) mass is 203 g/mol. The molecule has 0 aliphatic carbocycles. The van der Waals surface area contributed by atoms with Crippen molar-refractivity contribution in [2.75, 3.05) is 20.8 Å². The molecule has 1 aromatic carbocycles. The van der Waals surface area contributed by atoms with Gasteiger partial charge in [0.1, 0.15) is 5.75 Å². The number of ether oxygens (including phenoxy) is 2. The Labute approximate surface area is 89.6 Å². The Morgan fingerprint density at radius 1 is 1.40 bits per heavy atom. The van der Waals surface area contributed by atoms with Gasteiger partial charge in [0.2, 0.25) is 0 Å². The van der Waals surface area contributed by atoms with Crippen LogP contribution >= 0.6 is 0 Å². The number of hydrogen-bond donors (Lipinski definition) is 0. The van der Waals surface area contributed by atoms with Crippen molar-refractivity contribution in [3.8, 4) is 11.8 Å². The quantitative estimate of drug-likeness (QED) is 0.705. The van der Waals surface area contributed by atoms with E-state index in [-0.39, 0.29) is 0 Å². The van der Waals surface area contributed by atoms with Crippen molar-refractivity contribution in [1.82, 2.24) is 0 Å². The van der Waals surface area contributed by atoms with Crippen molar-refractivity contribution >= 4 is 6.08 Å². The smallest absolute Gasteiger partial charge is 0.126 e. The molecule has 0 saturated carbocycles. The molecule has 0 aliphatic heterocycles. The zero-order valence-electron chi connectivity index (χ0n) is 8.86. The molecule has 0 aromatic heterocycles. The lowest BCUT2D eigenvalue weighted by atomic mass is 10.1. The Morgan fingerprint density at radius 2 is 2.13 bits per heavy atom.